The fourth-order valence-electron chi connectivity index (χ4n) is 1.00. The van der Waals surface area contributed by atoms with E-state index in [1.165, 1.54) is 11.8 Å². The van der Waals surface area contributed by atoms with Gasteiger partial charge in [-0.25, -0.2) is 8.78 Å². The number of halogens is 2. The Morgan fingerprint density at radius 2 is 2.19 bits per heavy atom. The maximum atomic E-state index is 13.2. The van der Waals surface area contributed by atoms with Crippen molar-refractivity contribution in [3.63, 3.8) is 0 Å². The van der Waals surface area contributed by atoms with E-state index in [4.69, 9.17) is 5.73 Å². The minimum absolute atomic E-state index is 0.0659. The largest absolute Gasteiger partial charge is 0.378 e. The van der Waals surface area contributed by atoms with Gasteiger partial charge >= 0.3 is 0 Å². The molecule has 0 saturated heterocycles. The van der Waals surface area contributed by atoms with E-state index < -0.39 is 17.5 Å². The second kappa shape index (κ2) is 5.60. The molecule has 0 bridgehead atoms. The van der Waals surface area contributed by atoms with Gasteiger partial charge in [0.1, 0.15) is 11.6 Å². The van der Waals surface area contributed by atoms with E-state index in [-0.39, 0.29) is 10.7 Å². The molecule has 86 valence electrons. The van der Waals surface area contributed by atoms with Crippen LogP contribution in [0.5, 0.6) is 0 Å². The molecule has 0 radical (unpaired) electrons. The SMILES string of the molecule is CCSC(N)=NC(=O)c1ccc(F)cc1F. The number of nitrogens with zero attached hydrogens (tertiary/aromatic N) is 1. The minimum atomic E-state index is -0.942. The predicted octanol–water partition coefficient (Wildman–Crippen LogP) is 2.17. The summed E-state index contributed by atoms with van der Waals surface area (Å²) in [6.07, 6.45) is 0. The molecule has 16 heavy (non-hydrogen) atoms. The van der Waals surface area contributed by atoms with Crippen molar-refractivity contribution in [3.8, 4) is 0 Å². The van der Waals surface area contributed by atoms with Gasteiger partial charge in [-0.05, 0) is 17.9 Å². The fraction of sp³-hybridized carbons (Fsp3) is 0.200. The molecule has 2 N–H and O–H groups in total. The van der Waals surface area contributed by atoms with Gasteiger partial charge in [-0.2, -0.15) is 4.99 Å². The molecule has 1 rings (SSSR count). The van der Waals surface area contributed by atoms with Gasteiger partial charge in [0, 0.05) is 6.07 Å². The van der Waals surface area contributed by atoms with Crippen LogP contribution in [0.4, 0.5) is 8.78 Å². The number of thioether (sulfide) groups is 1. The number of rotatable bonds is 2. The average molecular weight is 244 g/mol. The minimum Gasteiger partial charge on any atom is -0.378 e. The van der Waals surface area contributed by atoms with Gasteiger partial charge in [-0.15, -0.1) is 0 Å². The number of aliphatic imine (C=N–C) groups is 1. The predicted molar refractivity (Wildman–Crippen MR) is 60.4 cm³/mol. The Balaban J connectivity index is 2.93. The molecule has 6 heteroatoms. The first-order valence-electron chi connectivity index (χ1n) is 4.51. The molecule has 0 fully saturated rings. The van der Waals surface area contributed by atoms with Gasteiger partial charge in [-0.1, -0.05) is 18.7 Å². The van der Waals surface area contributed by atoms with E-state index >= 15 is 0 Å². The normalized spacial score (nSPS) is 11.6. The summed E-state index contributed by atoms with van der Waals surface area (Å²) in [4.78, 5) is 14.9. The van der Waals surface area contributed by atoms with Crippen LogP contribution in [0.1, 0.15) is 17.3 Å². The highest BCUT2D eigenvalue weighted by Crippen LogP contribution is 2.11. The number of amidine groups is 1. The van der Waals surface area contributed by atoms with Crippen LogP contribution in [0.15, 0.2) is 23.2 Å². The van der Waals surface area contributed by atoms with E-state index in [1.54, 1.807) is 0 Å². The summed E-state index contributed by atoms with van der Waals surface area (Å²) >= 11 is 1.17. The van der Waals surface area contributed by atoms with Crippen LogP contribution >= 0.6 is 11.8 Å². The monoisotopic (exact) mass is 244 g/mol. The molecule has 1 aromatic rings. The zero-order chi connectivity index (χ0) is 12.1. The topological polar surface area (TPSA) is 55.4 Å². The lowest BCUT2D eigenvalue weighted by atomic mass is 10.2. The van der Waals surface area contributed by atoms with Crippen LogP contribution in [0.2, 0.25) is 0 Å². The zero-order valence-corrected chi connectivity index (χ0v) is 9.35. The molecule has 0 atom stereocenters. The second-order valence-corrected chi connectivity index (χ2v) is 4.10. The molecule has 0 heterocycles. The van der Waals surface area contributed by atoms with Gasteiger partial charge in [-0.3, -0.25) is 4.79 Å². The standard InChI is InChI=1S/C10H10F2N2OS/c1-2-16-10(13)14-9(15)7-4-3-6(11)5-8(7)12/h3-5H,2H2,1H3,(H2,13,14,15). The van der Waals surface area contributed by atoms with Crippen LogP contribution < -0.4 is 5.73 Å². The summed E-state index contributed by atoms with van der Waals surface area (Å²) in [6.45, 7) is 1.84. The first-order valence-corrected chi connectivity index (χ1v) is 5.49. The highest BCUT2D eigenvalue weighted by molar-refractivity contribution is 8.13. The highest BCUT2D eigenvalue weighted by Gasteiger charge is 2.12. The van der Waals surface area contributed by atoms with Gasteiger partial charge < -0.3 is 5.73 Å². The average Bonchev–Trinajstić information content (AvgIpc) is 2.17. The number of carbonyl (C=O) groups excluding carboxylic acids is 1. The van der Waals surface area contributed by atoms with Crippen LogP contribution in [0.3, 0.4) is 0 Å². The summed E-state index contributed by atoms with van der Waals surface area (Å²) in [6, 6.07) is 2.67. The fourth-order valence-corrected chi connectivity index (χ4v) is 1.45. The maximum Gasteiger partial charge on any atom is 0.282 e. The van der Waals surface area contributed by atoms with E-state index in [0.29, 0.717) is 11.8 Å². The molecule has 0 aliphatic heterocycles. The number of nitrogens with two attached hydrogens (primary N) is 1. The van der Waals surface area contributed by atoms with Crippen molar-refractivity contribution in [2.45, 2.75) is 6.92 Å². The summed E-state index contributed by atoms with van der Waals surface area (Å²) in [7, 11) is 0. The smallest absolute Gasteiger partial charge is 0.282 e. The lowest BCUT2D eigenvalue weighted by Crippen LogP contribution is -2.11. The molecule has 0 aliphatic rings. The third-order valence-electron chi connectivity index (χ3n) is 1.67. The Morgan fingerprint density at radius 1 is 1.50 bits per heavy atom. The number of amides is 1. The van der Waals surface area contributed by atoms with Crippen LogP contribution in [-0.2, 0) is 0 Å². The Bertz CT molecular complexity index is 435. The van der Waals surface area contributed by atoms with Gasteiger partial charge in [0.2, 0.25) is 0 Å². The highest BCUT2D eigenvalue weighted by atomic mass is 32.2. The summed E-state index contributed by atoms with van der Waals surface area (Å²) < 4.78 is 25.7. The third kappa shape index (κ3) is 3.30. The van der Waals surface area contributed by atoms with Crippen molar-refractivity contribution >= 4 is 22.8 Å². The van der Waals surface area contributed by atoms with Gasteiger partial charge in [0.05, 0.1) is 5.56 Å². The molecule has 0 aromatic heterocycles. The summed E-state index contributed by atoms with van der Waals surface area (Å²) in [5, 5.41) is 0.0659. The van der Waals surface area contributed by atoms with E-state index in [9.17, 15) is 13.6 Å². The van der Waals surface area contributed by atoms with E-state index in [0.717, 1.165) is 12.1 Å². The molecule has 3 nitrogen and oxygen atoms in total. The van der Waals surface area contributed by atoms with Gasteiger partial charge in [0.25, 0.3) is 5.91 Å². The number of hydrogen-bond donors (Lipinski definition) is 1. The van der Waals surface area contributed by atoms with Gasteiger partial charge in [0.15, 0.2) is 5.17 Å². The Hall–Kier alpha value is -1.43. The number of carbonyl (C=O) groups is 1. The lowest BCUT2D eigenvalue weighted by molar-refractivity contribution is 0.0999. The van der Waals surface area contributed by atoms with Crippen molar-refractivity contribution < 1.29 is 13.6 Å². The Kier molecular flexibility index (Phi) is 4.42. The van der Waals surface area contributed by atoms with Crippen molar-refractivity contribution in [3.05, 3.63) is 35.4 Å². The van der Waals surface area contributed by atoms with E-state index in [1.807, 2.05) is 6.92 Å². The number of hydrogen-bond acceptors (Lipinski definition) is 2. The molecule has 0 unspecified atom stereocenters. The molecular formula is C10H10F2N2OS. The second-order valence-electron chi connectivity index (χ2n) is 2.81. The first kappa shape index (κ1) is 12.6. The zero-order valence-electron chi connectivity index (χ0n) is 8.54. The molecule has 0 aliphatic carbocycles. The van der Waals surface area contributed by atoms with Crippen LogP contribution in [0, 0.1) is 11.6 Å². The van der Waals surface area contributed by atoms with Crippen molar-refractivity contribution in [1.29, 1.82) is 0 Å². The molecule has 0 saturated carbocycles. The van der Waals surface area contributed by atoms with Crippen LogP contribution in [0.25, 0.3) is 0 Å². The third-order valence-corrected chi connectivity index (χ3v) is 2.34. The lowest BCUT2D eigenvalue weighted by Gasteiger charge is -1.99. The van der Waals surface area contributed by atoms with E-state index in [2.05, 4.69) is 4.99 Å². The first-order chi connectivity index (χ1) is 7.54. The maximum absolute atomic E-state index is 13.2. The van der Waals surface area contributed by atoms with Crippen LogP contribution in [-0.4, -0.2) is 16.8 Å². The van der Waals surface area contributed by atoms with Crippen molar-refractivity contribution in [2.24, 2.45) is 10.7 Å². The Morgan fingerprint density at radius 3 is 2.75 bits per heavy atom. The molecule has 0 spiro atoms. The summed E-state index contributed by atoms with van der Waals surface area (Å²) in [5.74, 6) is -1.83. The number of benzene rings is 1. The van der Waals surface area contributed by atoms with Crippen molar-refractivity contribution in [1.82, 2.24) is 0 Å². The quantitative estimate of drug-likeness (QED) is 0.640. The molecular weight excluding hydrogens is 234 g/mol. The molecule has 1 aromatic carbocycles. The Labute approximate surface area is 95.7 Å². The van der Waals surface area contributed by atoms with Crippen molar-refractivity contribution in [2.75, 3.05) is 5.75 Å². The molecule has 1 amide bonds. The summed E-state index contributed by atoms with van der Waals surface area (Å²) in [5.41, 5.74) is 5.11.